The van der Waals surface area contributed by atoms with Crippen molar-refractivity contribution in [3.05, 3.63) is 5.69 Å². The molecule has 1 rings (SSSR count). The van der Waals surface area contributed by atoms with Crippen molar-refractivity contribution in [1.29, 1.82) is 0 Å². The van der Waals surface area contributed by atoms with Gasteiger partial charge in [0.05, 0.1) is 13.2 Å². The molecule has 0 saturated carbocycles. The Balaban J connectivity index is 2.46. The highest BCUT2D eigenvalue weighted by molar-refractivity contribution is 7.10. The third-order valence-electron chi connectivity index (χ3n) is 2.57. The summed E-state index contributed by atoms with van der Waals surface area (Å²) in [6.07, 6.45) is 0. The average molecular weight is 289 g/mol. The Morgan fingerprint density at radius 2 is 1.84 bits per heavy atom. The predicted molar refractivity (Wildman–Crippen MR) is 76.0 cm³/mol. The summed E-state index contributed by atoms with van der Waals surface area (Å²) in [5.74, 6) is 5.43. The number of aromatic nitrogens is 2. The Hall–Kier alpha value is -0.800. The first kappa shape index (κ1) is 16.3. The molecule has 8 heteroatoms. The van der Waals surface area contributed by atoms with Gasteiger partial charge in [-0.3, -0.25) is 4.90 Å². The minimum atomic E-state index is 0.691. The molecule has 0 unspecified atom stereocenters. The molecule has 0 aliphatic carbocycles. The van der Waals surface area contributed by atoms with Gasteiger partial charge >= 0.3 is 0 Å². The summed E-state index contributed by atoms with van der Waals surface area (Å²) in [4.78, 5) is 2.23. The zero-order valence-corrected chi connectivity index (χ0v) is 12.4. The maximum absolute atomic E-state index is 5.43. The molecule has 1 heterocycles. The van der Waals surface area contributed by atoms with Crippen molar-refractivity contribution >= 4 is 16.5 Å². The van der Waals surface area contributed by atoms with Gasteiger partial charge in [0.2, 0.25) is 0 Å². The number of nitrogens with zero attached hydrogens (tertiary/aromatic N) is 3. The Kier molecular flexibility index (Phi) is 8.59. The van der Waals surface area contributed by atoms with E-state index in [2.05, 4.69) is 19.9 Å². The normalized spacial score (nSPS) is 11.2. The quantitative estimate of drug-likeness (QED) is 0.352. The molecular formula is C11H23N5O2S. The third kappa shape index (κ3) is 6.26. The smallest absolute Gasteiger partial charge is 0.148 e. The van der Waals surface area contributed by atoms with Crippen LogP contribution in [0.15, 0.2) is 0 Å². The minimum Gasteiger partial charge on any atom is -0.380 e. The van der Waals surface area contributed by atoms with Crippen LogP contribution in [0.4, 0.5) is 5.00 Å². The summed E-state index contributed by atoms with van der Waals surface area (Å²) in [5.41, 5.74) is 3.48. The van der Waals surface area contributed by atoms with E-state index in [0.29, 0.717) is 19.8 Å². The predicted octanol–water partition coefficient (Wildman–Crippen LogP) is 0.699. The number of nitrogens with one attached hydrogen (secondary N) is 1. The number of hydrogen-bond donors (Lipinski definition) is 2. The zero-order chi connectivity index (χ0) is 13.9. The van der Waals surface area contributed by atoms with E-state index in [4.69, 9.17) is 15.3 Å². The van der Waals surface area contributed by atoms with E-state index in [9.17, 15) is 0 Å². The van der Waals surface area contributed by atoms with Crippen LogP contribution in [-0.2, 0) is 16.0 Å². The molecule has 19 heavy (non-hydrogen) atoms. The SMILES string of the molecule is CCOCCN(CCOCC)Cc1nnsc1NN. The lowest BCUT2D eigenvalue weighted by Crippen LogP contribution is -2.31. The van der Waals surface area contributed by atoms with Gasteiger partial charge in [0.1, 0.15) is 10.7 Å². The molecule has 0 aliphatic heterocycles. The van der Waals surface area contributed by atoms with Gasteiger partial charge in [-0.1, -0.05) is 4.49 Å². The summed E-state index contributed by atoms with van der Waals surface area (Å²) in [7, 11) is 0. The second-order valence-electron chi connectivity index (χ2n) is 3.86. The summed E-state index contributed by atoms with van der Waals surface area (Å²) < 4.78 is 14.7. The molecule has 1 aromatic rings. The van der Waals surface area contributed by atoms with Crippen molar-refractivity contribution in [3.8, 4) is 0 Å². The van der Waals surface area contributed by atoms with Crippen molar-refractivity contribution in [2.45, 2.75) is 20.4 Å². The highest BCUT2D eigenvalue weighted by Crippen LogP contribution is 2.17. The van der Waals surface area contributed by atoms with Crippen LogP contribution in [0.2, 0.25) is 0 Å². The van der Waals surface area contributed by atoms with Gasteiger partial charge in [0.25, 0.3) is 0 Å². The topological polar surface area (TPSA) is 85.5 Å². The summed E-state index contributed by atoms with van der Waals surface area (Å²) in [5, 5.41) is 4.89. The number of rotatable bonds is 11. The standard InChI is InChI=1S/C11H23N5O2S/c1-3-17-7-5-16(6-8-18-4-2)9-10-11(13-12)19-15-14-10/h13H,3-9,12H2,1-2H3. The van der Waals surface area contributed by atoms with Gasteiger partial charge in [0, 0.05) is 44.4 Å². The molecule has 0 aromatic carbocycles. The molecule has 0 radical (unpaired) electrons. The van der Waals surface area contributed by atoms with Crippen LogP contribution in [0.5, 0.6) is 0 Å². The Bertz CT molecular complexity index is 327. The average Bonchev–Trinajstić information content (AvgIpc) is 2.86. The van der Waals surface area contributed by atoms with Crippen LogP contribution >= 0.6 is 11.5 Å². The van der Waals surface area contributed by atoms with Crippen molar-refractivity contribution in [3.63, 3.8) is 0 Å². The molecule has 0 bridgehead atoms. The monoisotopic (exact) mass is 289 g/mol. The minimum absolute atomic E-state index is 0.691. The molecule has 3 N–H and O–H groups in total. The van der Waals surface area contributed by atoms with Crippen LogP contribution in [0, 0.1) is 0 Å². The van der Waals surface area contributed by atoms with E-state index in [1.54, 1.807) is 0 Å². The van der Waals surface area contributed by atoms with Crippen LogP contribution in [0.1, 0.15) is 19.5 Å². The van der Waals surface area contributed by atoms with Gasteiger partial charge in [-0.05, 0) is 13.8 Å². The number of hydrazine groups is 1. The van der Waals surface area contributed by atoms with E-state index in [1.165, 1.54) is 11.5 Å². The molecule has 0 amide bonds. The number of ether oxygens (including phenoxy) is 2. The number of hydrogen-bond acceptors (Lipinski definition) is 8. The number of nitrogens with two attached hydrogens (primary N) is 1. The Morgan fingerprint density at radius 1 is 1.21 bits per heavy atom. The molecule has 0 saturated heterocycles. The fourth-order valence-electron chi connectivity index (χ4n) is 1.58. The molecule has 0 spiro atoms. The van der Waals surface area contributed by atoms with Crippen LogP contribution in [0.3, 0.4) is 0 Å². The van der Waals surface area contributed by atoms with Gasteiger partial charge in [0.15, 0.2) is 0 Å². The van der Waals surface area contributed by atoms with Crippen LogP contribution < -0.4 is 11.3 Å². The Labute approximate surface area is 118 Å². The Morgan fingerprint density at radius 3 is 2.37 bits per heavy atom. The van der Waals surface area contributed by atoms with Gasteiger partial charge in [-0.15, -0.1) is 5.10 Å². The summed E-state index contributed by atoms with van der Waals surface area (Å²) in [6, 6.07) is 0. The first-order valence-electron chi connectivity index (χ1n) is 6.47. The van der Waals surface area contributed by atoms with Crippen molar-refractivity contribution in [2.24, 2.45) is 5.84 Å². The van der Waals surface area contributed by atoms with Gasteiger partial charge in [-0.2, -0.15) is 0 Å². The molecule has 7 nitrogen and oxygen atoms in total. The third-order valence-corrected chi connectivity index (χ3v) is 3.27. The highest BCUT2D eigenvalue weighted by atomic mass is 32.1. The summed E-state index contributed by atoms with van der Waals surface area (Å²) >= 11 is 1.26. The molecular weight excluding hydrogens is 266 g/mol. The maximum Gasteiger partial charge on any atom is 0.148 e. The van der Waals surface area contributed by atoms with Gasteiger partial charge in [-0.25, -0.2) is 5.84 Å². The van der Waals surface area contributed by atoms with E-state index < -0.39 is 0 Å². The first-order chi connectivity index (χ1) is 9.31. The molecule has 0 fully saturated rings. The highest BCUT2D eigenvalue weighted by Gasteiger charge is 2.12. The first-order valence-corrected chi connectivity index (χ1v) is 7.24. The van der Waals surface area contributed by atoms with Crippen molar-refractivity contribution in [2.75, 3.05) is 44.9 Å². The number of anilines is 1. The molecule has 1 aromatic heterocycles. The van der Waals surface area contributed by atoms with Crippen molar-refractivity contribution in [1.82, 2.24) is 14.5 Å². The number of nitrogen functional groups attached to an aromatic ring is 1. The lowest BCUT2D eigenvalue weighted by atomic mass is 10.4. The lowest BCUT2D eigenvalue weighted by molar-refractivity contribution is 0.0793. The zero-order valence-electron chi connectivity index (χ0n) is 11.6. The van der Waals surface area contributed by atoms with Crippen LogP contribution in [-0.4, -0.2) is 54.0 Å². The van der Waals surface area contributed by atoms with E-state index in [-0.39, 0.29) is 0 Å². The van der Waals surface area contributed by atoms with E-state index in [0.717, 1.165) is 37.0 Å². The molecule has 0 aliphatic rings. The van der Waals surface area contributed by atoms with E-state index in [1.807, 2.05) is 13.8 Å². The second kappa shape index (κ2) is 10.0. The van der Waals surface area contributed by atoms with E-state index >= 15 is 0 Å². The maximum atomic E-state index is 5.43. The second-order valence-corrected chi connectivity index (χ2v) is 4.62. The lowest BCUT2D eigenvalue weighted by Gasteiger charge is -2.21. The van der Waals surface area contributed by atoms with Crippen LogP contribution in [0.25, 0.3) is 0 Å². The largest absolute Gasteiger partial charge is 0.380 e. The summed E-state index contributed by atoms with van der Waals surface area (Å²) in [6.45, 7) is 9.20. The fraction of sp³-hybridized carbons (Fsp3) is 0.818. The van der Waals surface area contributed by atoms with Crippen molar-refractivity contribution < 1.29 is 9.47 Å². The van der Waals surface area contributed by atoms with Gasteiger partial charge < -0.3 is 14.9 Å². The fourth-order valence-corrected chi connectivity index (χ4v) is 2.06. The molecule has 110 valence electrons. The molecule has 0 atom stereocenters.